The molecule has 5 heteroatoms. The predicted molar refractivity (Wildman–Crippen MR) is 81.7 cm³/mol. The Morgan fingerprint density at radius 2 is 1.95 bits per heavy atom. The average molecular weight is 289 g/mol. The molecule has 0 saturated heterocycles. The topological polar surface area (TPSA) is 76.4 Å². The van der Waals surface area contributed by atoms with Gasteiger partial charge in [0.1, 0.15) is 6.04 Å². The summed E-state index contributed by atoms with van der Waals surface area (Å²) >= 11 is 0. The molecule has 1 aromatic rings. The van der Waals surface area contributed by atoms with Crippen LogP contribution in [0.25, 0.3) is 0 Å². The smallest absolute Gasteiger partial charge is 0.304 e. The quantitative estimate of drug-likeness (QED) is 0.728. The maximum atomic E-state index is 10.5. The van der Waals surface area contributed by atoms with Crippen LogP contribution in [0.3, 0.4) is 0 Å². The third kappa shape index (κ3) is 5.94. The van der Waals surface area contributed by atoms with Crippen LogP contribution < -0.4 is 5.32 Å². The van der Waals surface area contributed by atoms with Crippen molar-refractivity contribution in [2.75, 3.05) is 19.6 Å². The van der Waals surface area contributed by atoms with Gasteiger partial charge in [-0.15, -0.1) is 0 Å². The van der Waals surface area contributed by atoms with Gasteiger partial charge in [-0.2, -0.15) is 5.26 Å². The Morgan fingerprint density at radius 3 is 2.43 bits per heavy atom. The van der Waals surface area contributed by atoms with Crippen molar-refractivity contribution in [1.82, 2.24) is 10.2 Å². The summed E-state index contributed by atoms with van der Waals surface area (Å²) in [4.78, 5) is 12.8. The number of benzene rings is 1. The molecule has 21 heavy (non-hydrogen) atoms. The molecule has 0 bridgehead atoms. The Kier molecular flexibility index (Phi) is 7.44. The van der Waals surface area contributed by atoms with Gasteiger partial charge in [-0.05, 0) is 24.2 Å². The number of aliphatic carboxylic acids is 1. The lowest BCUT2D eigenvalue weighted by molar-refractivity contribution is -0.136. The van der Waals surface area contributed by atoms with Gasteiger partial charge in [0.05, 0.1) is 12.5 Å². The van der Waals surface area contributed by atoms with E-state index in [9.17, 15) is 4.79 Å². The first kappa shape index (κ1) is 17.2. The standard InChI is InChI=1S/C16H23N3O2/c1-3-19(4-2)12-13-5-7-14(8-6-13)15(11-17)18-10-9-16(20)21/h5-8,15,18H,3-4,9-10,12H2,1-2H3,(H,20,21). The van der Waals surface area contributed by atoms with Crippen LogP contribution in [0.5, 0.6) is 0 Å². The second-order valence-electron chi connectivity index (χ2n) is 4.86. The highest BCUT2D eigenvalue weighted by atomic mass is 16.4. The van der Waals surface area contributed by atoms with Gasteiger partial charge in [0.2, 0.25) is 0 Å². The van der Waals surface area contributed by atoms with Gasteiger partial charge in [-0.3, -0.25) is 15.0 Å². The van der Waals surface area contributed by atoms with Crippen molar-refractivity contribution in [2.24, 2.45) is 0 Å². The van der Waals surface area contributed by atoms with Crippen molar-refractivity contribution in [1.29, 1.82) is 5.26 Å². The van der Waals surface area contributed by atoms with E-state index in [1.165, 1.54) is 5.56 Å². The van der Waals surface area contributed by atoms with Crippen molar-refractivity contribution in [3.63, 3.8) is 0 Å². The van der Waals surface area contributed by atoms with Crippen molar-refractivity contribution >= 4 is 5.97 Å². The minimum absolute atomic E-state index is 0.0121. The molecule has 0 aliphatic carbocycles. The highest BCUT2D eigenvalue weighted by Gasteiger charge is 2.10. The third-order valence-corrected chi connectivity index (χ3v) is 3.43. The molecule has 0 saturated carbocycles. The van der Waals surface area contributed by atoms with Gasteiger partial charge in [-0.1, -0.05) is 38.1 Å². The summed E-state index contributed by atoms with van der Waals surface area (Å²) in [6.07, 6.45) is 0.0121. The van der Waals surface area contributed by atoms with Crippen molar-refractivity contribution < 1.29 is 9.90 Å². The Balaban J connectivity index is 2.62. The lowest BCUT2D eigenvalue weighted by Crippen LogP contribution is -2.23. The first-order valence-corrected chi connectivity index (χ1v) is 7.26. The molecule has 0 aliphatic heterocycles. The Morgan fingerprint density at radius 1 is 1.33 bits per heavy atom. The molecule has 0 amide bonds. The van der Waals surface area contributed by atoms with E-state index >= 15 is 0 Å². The van der Waals surface area contributed by atoms with Crippen LogP contribution in [0, 0.1) is 11.3 Å². The molecule has 0 aromatic heterocycles. The number of carboxylic acid groups (broad SMARTS) is 1. The number of nitrogens with zero attached hydrogens (tertiary/aromatic N) is 2. The third-order valence-electron chi connectivity index (χ3n) is 3.43. The van der Waals surface area contributed by atoms with Crippen molar-refractivity contribution in [3.8, 4) is 6.07 Å². The van der Waals surface area contributed by atoms with E-state index in [4.69, 9.17) is 10.4 Å². The molecule has 114 valence electrons. The van der Waals surface area contributed by atoms with Gasteiger partial charge in [0.15, 0.2) is 0 Å². The Hall–Kier alpha value is -1.90. The molecule has 1 aromatic carbocycles. The van der Waals surface area contributed by atoms with E-state index in [2.05, 4.69) is 30.1 Å². The monoisotopic (exact) mass is 289 g/mol. The van der Waals surface area contributed by atoms with Crippen LogP contribution >= 0.6 is 0 Å². The van der Waals surface area contributed by atoms with Crippen molar-refractivity contribution in [2.45, 2.75) is 32.9 Å². The van der Waals surface area contributed by atoms with E-state index < -0.39 is 12.0 Å². The first-order chi connectivity index (χ1) is 10.1. The van der Waals surface area contributed by atoms with Crippen LogP contribution in [0.15, 0.2) is 24.3 Å². The zero-order valence-electron chi connectivity index (χ0n) is 12.7. The minimum Gasteiger partial charge on any atom is -0.481 e. The molecule has 0 aliphatic rings. The van der Waals surface area contributed by atoms with Crippen LogP contribution in [0.4, 0.5) is 0 Å². The average Bonchev–Trinajstić information content (AvgIpc) is 2.50. The van der Waals surface area contributed by atoms with Crippen molar-refractivity contribution in [3.05, 3.63) is 35.4 Å². The molecule has 5 nitrogen and oxygen atoms in total. The van der Waals surface area contributed by atoms with Crippen LogP contribution in [0.2, 0.25) is 0 Å². The number of carbonyl (C=O) groups is 1. The molecular formula is C16H23N3O2. The molecule has 0 spiro atoms. The van der Waals surface area contributed by atoms with Gasteiger partial charge < -0.3 is 5.11 Å². The maximum absolute atomic E-state index is 10.5. The fourth-order valence-corrected chi connectivity index (χ4v) is 2.08. The van der Waals surface area contributed by atoms with E-state index in [1.54, 1.807) is 0 Å². The number of nitriles is 1. The summed E-state index contributed by atoms with van der Waals surface area (Å²) in [6.45, 7) is 7.48. The molecule has 1 atom stereocenters. The molecule has 1 rings (SSSR count). The highest BCUT2D eigenvalue weighted by molar-refractivity contribution is 5.66. The van der Waals surface area contributed by atoms with E-state index in [-0.39, 0.29) is 13.0 Å². The van der Waals surface area contributed by atoms with Gasteiger partial charge in [0, 0.05) is 13.1 Å². The van der Waals surface area contributed by atoms with Crippen LogP contribution in [0.1, 0.15) is 37.4 Å². The first-order valence-electron chi connectivity index (χ1n) is 7.26. The lowest BCUT2D eigenvalue weighted by Gasteiger charge is -2.18. The normalized spacial score (nSPS) is 12.1. The highest BCUT2D eigenvalue weighted by Crippen LogP contribution is 2.14. The maximum Gasteiger partial charge on any atom is 0.304 e. The molecule has 1 unspecified atom stereocenters. The number of carboxylic acids is 1. The number of rotatable bonds is 9. The fourth-order valence-electron chi connectivity index (χ4n) is 2.08. The number of nitrogens with one attached hydrogen (secondary N) is 1. The van der Waals surface area contributed by atoms with Gasteiger partial charge in [0.25, 0.3) is 0 Å². The fraction of sp³-hybridized carbons (Fsp3) is 0.500. The van der Waals surface area contributed by atoms with E-state index in [0.29, 0.717) is 0 Å². The Bertz CT molecular complexity index is 475. The largest absolute Gasteiger partial charge is 0.481 e. The zero-order chi connectivity index (χ0) is 15.7. The summed E-state index contributed by atoms with van der Waals surface area (Å²) < 4.78 is 0. The second kappa shape index (κ2) is 9.11. The molecule has 0 fully saturated rings. The minimum atomic E-state index is -0.867. The zero-order valence-corrected chi connectivity index (χ0v) is 12.7. The van der Waals surface area contributed by atoms with Crippen LogP contribution in [-0.4, -0.2) is 35.6 Å². The molecule has 0 heterocycles. The summed E-state index contributed by atoms with van der Waals surface area (Å²) in [7, 11) is 0. The van der Waals surface area contributed by atoms with Gasteiger partial charge >= 0.3 is 5.97 Å². The molecule has 0 radical (unpaired) electrons. The number of hydrogen-bond donors (Lipinski definition) is 2. The van der Waals surface area contributed by atoms with Gasteiger partial charge in [-0.25, -0.2) is 0 Å². The summed E-state index contributed by atoms with van der Waals surface area (Å²) in [5, 5.41) is 20.7. The Labute approximate surface area is 126 Å². The van der Waals surface area contributed by atoms with E-state index in [1.807, 2.05) is 24.3 Å². The van der Waals surface area contributed by atoms with Crippen LogP contribution in [-0.2, 0) is 11.3 Å². The lowest BCUT2D eigenvalue weighted by atomic mass is 10.1. The summed E-state index contributed by atoms with van der Waals surface area (Å²) in [5.41, 5.74) is 2.08. The predicted octanol–water partition coefficient (Wildman–Crippen LogP) is 2.16. The summed E-state index contributed by atoms with van der Waals surface area (Å²) in [6, 6.07) is 9.61. The second-order valence-corrected chi connectivity index (χ2v) is 4.86. The van der Waals surface area contributed by atoms with E-state index in [0.717, 1.165) is 25.2 Å². The number of hydrogen-bond acceptors (Lipinski definition) is 4. The SMILES string of the molecule is CCN(CC)Cc1ccc(C(C#N)NCCC(=O)O)cc1. The molecular weight excluding hydrogens is 266 g/mol. The summed E-state index contributed by atoms with van der Waals surface area (Å²) in [5.74, 6) is -0.867. The molecule has 2 N–H and O–H groups in total.